The molecule has 29 heavy (non-hydrogen) atoms. The van der Waals surface area contributed by atoms with Gasteiger partial charge in [0, 0.05) is 17.4 Å². The van der Waals surface area contributed by atoms with Crippen molar-refractivity contribution in [2.24, 2.45) is 23.7 Å². The number of hydrogen-bond donors (Lipinski definition) is 0. The average molecular weight is 430 g/mol. The van der Waals surface area contributed by atoms with Crippen molar-refractivity contribution in [3.8, 4) is 0 Å². The van der Waals surface area contributed by atoms with Gasteiger partial charge in [-0.2, -0.15) is 26.3 Å². The Hall–Kier alpha value is -2.27. The van der Waals surface area contributed by atoms with Gasteiger partial charge in [-0.15, -0.1) is 0 Å². The van der Waals surface area contributed by atoms with Crippen LogP contribution in [0.5, 0.6) is 0 Å². The SMILES string of the molecule is C=C(C)C(=O)OC1C2CC3C1OC(=O)C3C2C(=O)OC(C)(C(F)(F)F)C(F)(F)F. The summed E-state index contributed by atoms with van der Waals surface area (Å²) in [6.45, 7) is 4.39. The molecular formula is C17H16F6O6. The largest absolute Gasteiger partial charge is 0.458 e. The molecule has 0 aromatic heterocycles. The Morgan fingerprint density at radius 1 is 1.10 bits per heavy atom. The van der Waals surface area contributed by atoms with Crippen LogP contribution in [0, 0.1) is 23.7 Å². The number of alkyl halides is 6. The number of fused-ring (bicyclic) bond motifs is 1. The number of halogens is 6. The summed E-state index contributed by atoms with van der Waals surface area (Å²) < 4.78 is 92.6. The summed E-state index contributed by atoms with van der Waals surface area (Å²) in [5.41, 5.74) is -4.78. The first-order valence-corrected chi connectivity index (χ1v) is 8.53. The minimum absolute atomic E-state index is 0.0190. The van der Waals surface area contributed by atoms with Gasteiger partial charge in [0.15, 0.2) is 0 Å². The van der Waals surface area contributed by atoms with Gasteiger partial charge in [-0.25, -0.2) is 4.79 Å². The van der Waals surface area contributed by atoms with E-state index in [4.69, 9.17) is 9.47 Å². The standard InChI is InChI=1S/C17H16F6O6/c1-5(2)12(24)27-10-7-4-6-8(13(25)28-11(6)10)9(7)14(26)29-15(3,16(18,19)20)17(21,22)23/h6-11H,1,4H2,2-3H3. The molecule has 6 unspecified atom stereocenters. The average Bonchev–Trinajstić information content (AvgIpc) is 3.15. The third kappa shape index (κ3) is 3.07. The Kier molecular flexibility index (Phi) is 4.70. The Morgan fingerprint density at radius 2 is 1.66 bits per heavy atom. The molecule has 6 atom stereocenters. The quantitative estimate of drug-likeness (QED) is 0.295. The molecule has 6 nitrogen and oxygen atoms in total. The van der Waals surface area contributed by atoms with Gasteiger partial charge in [-0.3, -0.25) is 9.59 Å². The maximum atomic E-state index is 13.1. The molecule has 2 saturated carbocycles. The maximum Gasteiger partial charge on any atom is 0.437 e. The Morgan fingerprint density at radius 3 is 2.14 bits per heavy atom. The van der Waals surface area contributed by atoms with E-state index in [0.717, 1.165) is 0 Å². The van der Waals surface area contributed by atoms with Crippen molar-refractivity contribution < 1.29 is 54.9 Å². The summed E-state index contributed by atoms with van der Waals surface area (Å²) in [5.74, 6) is -8.25. The summed E-state index contributed by atoms with van der Waals surface area (Å²) in [6, 6.07) is 0. The minimum Gasteiger partial charge on any atom is -0.458 e. The molecule has 2 aliphatic carbocycles. The van der Waals surface area contributed by atoms with E-state index in [0.29, 0.717) is 0 Å². The third-order valence-electron chi connectivity index (χ3n) is 5.80. The van der Waals surface area contributed by atoms with Crippen LogP contribution in [0.15, 0.2) is 12.2 Å². The molecule has 1 saturated heterocycles. The van der Waals surface area contributed by atoms with Gasteiger partial charge in [0.25, 0.3) is 5.60 Å². The summed E-state index contributed by atoms with van der Waals surface area (Å²) in [5, 5.41) is 0. The monoisotopic (exact) mass is 430 g/mol. The summed E-state index contributed by atoms with van der Waals surface area (Å²) in [6.07, 6.45) is -13.9. The smallest absolute Gasteiger partial charge is 0.437 e. The summed E-state index contributed by atoms with van der Waals surface area (Å²) >= 11 is 0. The molecule has 162 valence electrons. The second kappa shape index (κ2) is 6.36. The normalized spacial score (nSPS) is 33.4. The van der Waals surface area contributed by atoms with Crippen LogP contribution < -0.4 is 0 Å². The predicted octanol–water partition coefficient (Wildman–Crippen LogP) is 2.71. The molecule has 0 aromatic carbocycles. The molecule has 3 rings (SSSR count). The van der Waals surface area contributed by atoms with E-state index in [9.17, 15) is 40.7 Å². The molecule has 0 amide bonds. The highest BCUT2D eigenvalue weighted by Crippen LogP contribution is 2.59. The lowest BCUT2D eigenvalue weighted by atomic mass is 9.78. The number of rotatable bonds is 4. The zero-order chi connectivity index (χ0) is 22.1. The zero-order valence-electron chi connectivity index (χ0n) is 15.1. The first-order chi connectivity index (χ1) is 13.1. The van der Waals surface area contributed by atoms with E-state index < -0.39 is 71.7 Å². The molecular weight excluding hydrogens is 414 g/mol. The van der Waals surface area contributed by atoms with Crippen LogP contribution in [-0.4, -0.2) is 48.1 Å². The van der Waals surface area contributed by atoms with Crippen molar-refractivity contribution in [2.75, 3.05) is 0 Å². The van der Waals surface area contributed by atoms with Crippen LogP contribution in [0.3, 0.4) is 0 Å². The van der Waals surface area contributed by atoms with Crippen molar-refractivity contribution in [1.82, 2.24) is 0 Å². The fourth-order valence-electron chi connectivity index (χ4n) is 4.24. The first-order valence-electron chi connectivity index (χ1n) is 8.53. The number of carbonyl (C=O) groups is 3. The fourth-order valence-corrected chi connectivity index (χ4v) is 4.24. The lowest BCUT2D eigenvalue weighted by molar-refractivity contribution is -0.364. The molecule has 12 heteroatoms. The Balaban J connectivity index is 1.90. The zero-order valence-corrected chi connectivity index (χ0v) is 15.1. The molecule has 0 aromatic rings. The number of hydrogen-bond acceptors (Lipinski definition) is 6. The van der Waals surface area contributed by atoms with Gasteiger partial charge in [-0.05, 0) is 20.3 Å². The topological polar surface area (TPSA) is 78.9 Å². The minimum atomic E-state index is -5.94. The third-order valence-corrected chi connectivity index (χ3v) is 5.80. The highest BCUT2D eigenvalue weighted by atomic mass is 19.4. The van der Waals surface area contributed by atoms with Crippen LogP contribution in [0.1, 0.15) is 20.3 Å². The predicted molar refractivity (Wildman–Crippen MR) is 79.8 cm³/mol. The lowest BCUT2D eigenvalue weighted by Gasteiger charge is -2.36. The number of ether oxygens (including phenoxy) is 3. The van der Waals surface area contributed by atoms with E-state index in [-0.39, 0.29) is 18.9 Å². The van der Waals surface area contributed by atoms with E-state index in [1.54, 1.807) is 0 Å². The number of carbonyl (C=O) groups excluding carboxylic acids is 3. The Bertz CT molecular complexity index is 757. The highest BCUT2D eigenvalue weighted by molar-refractivity contribution is 5.88. The molecule has 0 N–H and O–H groups in total. The van der Waals surface area contributed by atoms with Crippen molar-refractivity contribution in [1.29, 1.82) is 0 Å². The van der Waals surface area contributed by atoms with Crippen LogP contribution in [0.4, 0.5) is 26.3 Å². The van der Waals surface area contributed by atoms with Crippen LogP contribution in [-0.2, 0) is 28.6 Å². The molecule has 0 spiro atoms. The van der Waals surface area contributed by atoms with Crippen molar-refractivity contribution >= 4 is 17.9 Å². The van der Waals surface area contributed by atoms with Gasteiger partial charge < -0.3 is 14.2 Å². The number of esters is 3. The molecule has 3 aliphatic rings. The van der Waals surface area contributed by atoms with E-state index in [1.807, 2.05) is 0 Å². The van der Waals surface area contributed by atoms with Crippen LogP contribution in [0.25, 0.3) is 0 Å². The molecule has 1 heterocycles. The fraction of sp³-hybridized carbons (Fsp3) is 0.706. The Labute approximate surface area is 160 Å². The van der Waals surface area contributed by atoms with E-state index in [2.05, 4.69) is 11.3 Å². The second-order valence-electron chi connectivity index (χ2n) is 7.62. The maximum absolute atomic E-state index is 13.1. The van der Waals surface area contributed by atoms with E-state index in [1.165, 1.54) is 6.92 Å². The van der Waals surface area contributed by atoms with Gasteiger partial charge in [0.1, 0.15) is 12.2 Å². The van der Waals surface area contributed by atoms with Crippen LogP contribution >= 0.6 is 0 Å². The van der Waals surface area contributed by atoms with Gasteiger partial charge in [-0.1, -0.05) is 6.58 Å². The van der Waals surface area contributed by atoms with E-state index >= 15 is 0 Å². The van der Waals surface area contributed by atoms with Crippen molar-refractivity contribution in [3.63, 3.8) is 0 Å². The van der Waals surface area contributed by atoms with Crippen molar-refractivity contribution in [2.45, 2.75) is 50.4 Å². The summed E-state index contributed by atoms with van der Waals surface area (Å²) in [4.78, 5) is 36.4. The van der Waals surface area contributed by atoms with Crippen molar-refractivity contribution in [3.05, 3.63) is 12.2 Å². The van der Waals surface area contributed by atoms with Gasteiger partial charge in [0.05, 0.1) is 11.8 Å². The highest BCUT2D eigenvalue weighted by Gasteiger charge is 2.74. The van der Waals surface area contributed by atoms with Crippen LogP contribution in [0.2, 0.25) is 0 Å². The van der Waals surface area contributed by atoms with Gasteiger partial charge >= 0.3 is 30.3 Å². The second-order valence-corrected chi connectivity index (χ2v) is 7.62. The molecule has 1 aliphatic heterocycles. The lowest BCUT2D eigenvalue weighted by Crippen LogP contribution is -2.58. The first kappa shape index (κ1) is 21.4. The molecule has 0 radical (unpaired) electrons. The summed E-state index contributed by atoms with van der Waals surface area (Å²) in [7, 11) is 0. The molecule has 3 fully saturated rings. The molecule has 2 bridgehead atoms. The van der Waals surface area contributed by atoms with Gasteiger partial charge in [0.2, 0.25) is 0 Å².